The number of carbonyl (C=O) groups excluding carboxylic acids is 1. The van der Waals surface area contributed by atoms with Gasteiger partial charge in [-0.2, -0.15) is 0 Å². The summed E-state index contributed by atoms with van der Waals surface area (Å²) in [7, 11) is 0. The molecule has 1 aliphatic carbocycles. The van der Waals surface area contributed by atoms with Crippen LogP contribution in [0.5, 0.6) is 0 Å². The number of amides is 1. The molecule has 1 unspecified atom stereocenters. The van der Waals surface area contributed by atoms with Gasteiger partial charge in [-0.05, 0) is 53.4 Å². The Labute approximate surface area is 137 Å². The molecule has 0 aromatic heterocycles. The van der Waals surface area contributed by atoms with E-state index in [0.717, 1.165) is 25.7 Å². The third kappa shape index (κ3) is 9.05. The minimum atomic E-state index is -2.36. The molecule has 2 N–H and O–H groups in total. The highest BCUT2D eigenvalue weighted by Crippen LogP contribution is 2.21. The van der Waals surface area contributed by atoms with Crippen molar-refractivity contribution in [2.45, 2.75) is 83.6 Å². The van der Waals surface area contributed by atoms with Gasteiger partial charge in [0.05, 0.1) is 18.8 Å². The second-order valence-electron chi connectivity index (χ2n) is 7.07. The fraction of sp³-hybridized carbons (Fsp3) is 0.938. The maximum atomic E-state index is 12.3. The molecule has 7 heteroatoms. The summed E-state index contributed by atoms with van der Waals surface area (Å²) < 4.78 is 35.6. The van der Waals surface area contributed by atoms with Crippen LogP contribution in [0.25, 0.3) is 0 Å². The Morgan fingerprint density at radius 2 is 1.83 bits per heavy atom. The molecule has 0 aliphatic heterocycles. The van der Waals surface area contributed by atoms with E-state index >= 15 is 0 Å². The van der Waals surface area contributed by atoms with Crippen molar-refractivity contribution in [3.8, 4) is 0 Å². The van der Waals surface area contributed by atoms with E-state index < -0.39 is 18.1 Å². The van der Waals surface area contributed by atoms with Crippen LogP contribution in [0.3, 0.4) is 0 Å². The number of halogens is 2. The van der Waals surface area contributed by atoms with Crippen LogP contribution in [-0.4, -0.2) is 49.5 Å². The Bertz CT molecular complexity index is 354. The van der Waals surface area contributed by atoms with Gasteiger partial charge >= 0.3 is 6.09 Å². The molecule has 0 radical (unpaired) electrons. The average molecular weight is 336 g/mol. The van der Waals surface area contributed by atoms with Crippen LogP contribution in [0.1, 0.15) is 53.4 Å². The molecule has 0 aromatic rings. The highest BCUT2D eigenvalue weighted by molar-refractivity contribution is 5.68. The molecule has 0 saturated heterocycles. The van der Waals surface area contributed by atoms with Crippen LogP contribution in [0.4, 0.5) is 13.6 Å². The number of nitrogens with one attached hydrogen (secondary N) is 2. The molecular weight excluding hydrogens is 306 g/mol. The fourth-order valence-corrected chi connectivity index (χ4v) is 2.45. The number of hydrogen-bond donors (Lipinski definition) is 2. The van der Waals surface area contributed by atoms with Crippen molar-refractivity contribution < 1.29 is 23.0 Å². The Balaban J connectivity index is 2.12. The number of carbonyl (C=O) groups is 1. The summed E-state index contributed by atoms with van der Waals surface area (Å²) in [5.74, 6) is 0. The molecule has 0 heterocycles. The van der Waals surface area contributed by atoms with Crippen LogP contribution in [0.2, 0.25) is 0 Å². The predicted molar refractivity (Wildman–Crippen MR) is 84.8 cm³/mol. The van der Waals surface area contributed by atoms with Gasteiger partial charge in [0.25, 0.3) is 6.43 Å². The minimum Gasteiger partial charge on any atom is -0.444 e. The third-order valence-corrected chi connectivity index (χ3v) is 3.69. The van der Waals surface area contributed by atoms with Gasteiger partial charge in [0.2, 0.25) is 0 Å². The fourth-order valence-electron chi connectivity index (χ4n) is 2.45. The Morgan fingerprint density at radius 3 is 2.35 bits per heavy atom. The van der Waals surface area contributed by atoms with Crippen molar-refractivity contribution in [3.05, 3.63) is 0 Å². The maximum Gasteiger partial charge on any atom is 0.407 e. The van der Waals surface area contributed by atoms with Crippen molar-refractivity contribution in [1.29, 1.82) is 0 Å². The third-order valence-electron chi connectivity index (χ3n) is 3.69. The molecule has 1 aliphatic rings. The van der Waals surface area contributed by atoms with Crippen LogP contribution < -0.4 is 10.6 Å². The van der Waals surface area contributed by atoms with Crippen LogP contribution in [0, 0.1) is 0 Å². The van der Waals surface area contributed by atoms with Crippen molar-refractivity contribution in [3.63, 3.8) is 0 Å². The Kier molecular flexibility index (Phi) is 8.19. The van der Waals surface area contributed by atoms with E-state index in [2.05, 4.69) is 10.6 Å². The normalized spacial score (nSPS) is 23.6. The van der Waals surface area contributed by atoms with Crippen molar-refractivity contribution in [1.82, 2.24) is 10.6 Å². The van der Waals surface area contributed by atoms with Gasteiger partial charge in [0.15, 0.2) is 0 Å². The van der Waals surface area contributed by atoms with Crippen LogP contribution in [0.15, 0.2) is 0 Å². The van der Waals surface area contributed by atoms with Crippen LogP contribution in [-0.2, 0) is 9.47 Å². The maximum absolute atomic E-state index is 12.3. The van der Waals surface area contributed by atoms with Crippen LogP contribution >= 0.6 is 0 Å². The lowest BCUT2D eigenvalue weighted by Gasteiger charge is -2.30. The highest BCUT2D eigenvalue weighted by Gasteiger charge is 2.25. The highest BCUT2D eigenvalue weighted by atomic mass is 19.3. The summed E-state index contributed by atoms with van der Waals surface area (Å²) in [6.07, 6.45) is 0.775. The van der Waals surface area contributed by atoms with Gasteiger partial charge in [-0.1, -0.05) is 0 Å². The first-order chi connectivity index (χ1) is 10.7. The summed E-state index contributed by atoms with van der Waals surface area (Å²) in [6, 6.07) is -0.700. The van der Waals surface area contributed by atoms with E-state index in [1.807, 2.05) is 20.8 Å². The second kappa shape index (κ2) is 9.37. The molecule has 1 amide bonds. The molecule has 0 spiro atoms. The number of rotatable bonds is 7. The van der Waals surface area contributed by atoms with Crippen molar-refractivity contribution in [2.24, 2.45) is 0 Å². The molecule has 0 aromatic carbocycles. The molecule has 0 bridgehead atoms. The summed E-state index contributed by atoms with van der Waals surface area (Å²) in [4.78, 5) is 11.7. The predicted octanol–water partition coefficient (Wildman–Crippen LogP) is 3.08. The van der Waals surface area contributed by atoms with Crippen molar-refractivity contribution >= 4 is 6.09 Å². The summed E-state index contributed by atoms with van der Waals surface area (Å²) >= 11 is 0. The van der Waals surface area contributed by atoms with Gasteiger partial charge in [-0.3, -0.25) is 0 Å². The molecule has 1 saturated carbocycles. The lowest BCUT2D eigenvalue weighted by atomic mass is 9.93. The Morgan fingerprint density at radius 1 is 1.22 bits per heavy atom. The molecule has 23 heavy (non-hydrogen) atoms. The first-order valence-corrected chi connectivity index (χ1v) is 8.30. The van der Waals surface area contributed by atoms with Gasteiger partial charge in [0, 0.05) is 12.6 Å². The standard InChI is InChI=1S/C16H30F2N2O3/c1-11(14(17)18)19-9-10-22-13-7-5-12(6-8-13)20-15(21)23-16(2,3)4/h11-14,19H,5-10H2,1-4H3,(H,20,21). The zero-order valence-electron chi connectivity index (χ0n) is 14.5. The zero-order chi connectivity index (χ0) is 17.5. The first kappa shape index (κ1) is 20.1. The number of ether oxygens (including phenoxy) is 2. The number of hydrogen-bond acceptors (Lipinski definition) is 4. The molecule has 1 fully saturated rings. The molecule has 1 atom stereocenters. The minimum absolute atomic E-state index is 0.113. The number of alkyl carbamates (subject to hydrolysis) is 1. The van der Waals surface area contributed by atoms with E-state index in [9.17, 15) is 13.6 Å². The van der Waals surface area contributed by atoms with E-state index in [-0.39, 0.29) is 18.2 Å². The zero-order valence-corrected chi connectivity index (χ0v) is 14.5. The summed E-state index contributed by atoms with van der Waals surface area (Å²) in [5.41, 5.74) is -0.493. The van der Waals surface area contributed by atoms with E-state index in [4.69, 9.17) is 9.47 Å². The molecule has 136 valence electrons. The quantitative estimate of drug-likeness (QED) is 0.702. The molecule has 5 nitrogen and oxygen atoms in total. The second-order valence-corrected chi connectivity index (χ2v) is 7.07. The largest absolute Gasteiger partial charge is 0.444 e. The van der Waals surface area contributed by atoms with Gasteiger partial charge in [0.1, 0.15) is 5.60 Å². The molecule has 1 rings (SSSR count). The van der Waals surface area contributed by atoms with Gasteiger partial charge in [-0.25, -0.2) is 13.6 Å². The summed E-state index contributed by atoms with van der Waals surface area (Å²) in [5, 5.41) is 5.61. The van der Waals surface area contributed by atoms with E-state index in [0.29, 0.717) is 13.2 Å². The van der Waals surface area contributed by atoms with Gasteiger partial charge < -0.3 is 20.1 Å². The lowest BCUT2D eigenvalue weighted by molar-refractivity contribution is 0.0161. The molecular formula is C16H30F2N2O3. The van der Waals surface area contributed by atoms with Crippen molar-refractivity contribution in [2.75, 3.05) is 13.2 Å². The summed E-state index contributed by atoms with van der Waals surface area (Å²) in [6.45, 7) is 7.80. The van der Waals surface area contributed by atoms with E-state index in [1.54, 1.807) is 0 Å². The first-order valence-electron chi connectivity index (χ1n) is 8.30. The van der Waals surface area contributed by atoms with E-state index in [1.165, 1.54) is 6.92 Å². The lowest BCUT2D eigenvalue weighted by Crippen LogP contribution is -2.42. The average Bonchev–Trinajstić information content (AvgIpc) is 2.42. The SMILES string of the molecule is CC(NCCOC1CCC(NC(=O)OC(C)(C)C)CC1)C(F)F. The monoisotopic (exact) mass is 336 g/mol. The number of alkyl halides is 2. The topological polar surface area (TPSA) is 59.6 Å². The smallest absolute Gasteiger partial charge is 0.407 e. The van der Waals surface area contributed by atoms with Gasteiger partial charge in [-0.15, -0.1) is 0 Å². The Hall–Kier alpha value is -0.950.